The zero-order valence-corrected chi connectivity index (χ0v) is 15.4. The second-order valence-electron chi connectivity index (χ2n) is 5.34. The SMILES string of the molecule is CCOC(=O)c1ccc(NC(=O)CSc2ccc(NC(C)=O)cc2)cc1. The standard InChI is InChI=1S/C19H20N2O4S/c1-3-25-19(24)14-4-6-16(7-5-14)21-18(23)12-26-17-10-8-15(9-11-17)20-13(2)22/h4-11H,3,12H2,1-2H3,(H,20,22)(H,21,23). The quantitative estimate of drug-likeness (QED) is 0.573. The molecule has 0 fully saturated rings. The van der Waals surface area contributed by atoms with Crippen molar-refractivity contribution in [3.63, 3.8) is 0 Å². The maximum atomic E-state index is 12.0. The van der Waals surface area contributed by atoms with Gasteiger partial charge >= 0.3 is 5.97 Å². The first-order valence-corrected chi connectivity index (χ1v) is 9.04. The van der Waals surface area contributed by atoms with Crippen LogP contribution in [0, 0.1) is 0 Å². The van der Waals surface area contributed by atoms with Gasteiger partial charge < -0.3 is 15.4 Å². The monoisotopic (exact) mass is 372 g/mol. The van der Waals surface area contributed by atoms with Crippen molar-refractivity contribution >= 4 is 40.9 Å². The van der Waals surface area contributed by atoms with Crippen molar-refractivity contribution in [2.24, 2.45) is 0 Å². The van der Waals surface area contributed by atoms with Gasteiger partial charge in [0.1, 0.15) is 0 Å². The van der Waals surface area contributed by atoms with Crippen LogP contribution in [-0.2, 0) is 14.3 Å². The summed E-state index contributed by atoms with van der Waals surface area (Å²) in [4.78, 5) is 35.5. The highest BCUT2D eigenvalue weighted by Crippen LogP contribution is 2.21. The van der Waals surface area contributed by atoms with Crippen LogP contribution >= 0.6 is 11.8 Å². The number of benzene rings is 2. The van der Waals surface area contributed by atoms with Crippen molar-refractivity contribution in [2.45, 2.75) is 18.7 Å². The van der Waals surface area contributed by atoms with Crippen LogP contribution in [0.1, 0.15) is 24.2 Å². The largest absolute Gasteiger partial charge is 0.462 e. The molecule has 0 unspecified atom stereocenters. The summed E-state index contributed by atoms with van der Waals surface area (Å²) in [7, 11) is 0. The number of amides is 2. The molecule has 6 nitrogen and oxygen atoms in total. The lowest BCUT2D eigenvalue weighted by Gasteiger charge is -2.07. The molecule has 0 aliphatic rings. The summed E-state index contributed by atoms with van der Waals surface area (Å²) in [5, 5.41) is 5.47. The third-order valence-electron chi connectivity index (χ3n) is 3.22. The molecule has 2 aromatic rings. The molecule has 7 heteroatoms. The molecular weight excluding hydrogens is 352 g/mol. The van der Waals surface area contributed by atoms with E-state index in [0.717, 1.165) is 4.90 Å². The number of anilines is 2. The summed E-state index contributed by atoms with van der Waals surface area (Å²) >= 11 is 1.39. The Labute approximate surface area is 156 Å². The van der Waals surface area contributed by atoms with Crippen molar-refractivity contribution < 1.29 is 19.1 Å². The Kier molecular flexibility index (Phi) is 7.23. The van der Waals surface area contributed by atoms with E-state index in [2.05, 4.69) is 10.6 Å². The Morgan fingerprint density at radius 2 is 1.50 bits per heavy atom. The predicted molar refractivity (Wildman–Crippen MR) is 102 cm³/mol. The molecule has 0 aliphatic heterocycles. The van der Waals surface area contributed by atoms with Crippen molar-refractivity contribution in [3.8, 4) is 0 Å². The van der Waals surface area contributed by atoms with Crippen LogP contribution in [-0.4, -0.2) is 30.1 Å². The second kappa shape index (κ2) is 9.62. The Morgan fingerprint density at radius 3 is 2.08 bits per heavy atom. The minimum Gasteiger partial charge on any atom is -0.462 e. The summed E-state index contributed by atoms with van der Waals surface area (Å²) in [6.45, 7) is 3.52. The van der Waals surface area contributed by atoms with Crippen LogP contribution in [0.2, 0.25) is 0 Å². The number of carbonyl (C=O) groups is 3. The number of hydrogen-bond donors (Lipinski definition) is 2. The highest BCUT2D eigenvalue weighted by atomic mass is 32.2. The number of thioether (sulfide) groups is 1. The Morgan fingerprint density at radius 1 is 0.923 bits per heavy atom. The van der Waals surface area contributed by atoms with Gasteiger partial charge in [-0.3, -0.25) is 9.59 Å². The van der Waals surface area contributed by atoms with Crippen molar-refractivity contribution in [2.75, 3.05) is 23.0 Å². The minimum absolute atomic E-state index is 0.126. The maximum Gasteiger partial charge on any atom is 0.338 e. The van der Waals surface area contributed by atoms with Gasteiger partial charge in [0.2, 0.25) is 11.8 Å². The van der Waals surface area contributed by atoms with Gasteiger partial charge in [0.05, 0.1) is 17.9 Å². The first-order chi connectivity index (χ1) is 12.5. The van der Waals surface area contributed by atoms with E-state index in [1.165, 1.54) is 18.7 Å². The van der Waals surface area contributed by atoms with Gasteiger partial charge in [-0.25, -0.2) is 4.79 Å². The lowest BCUT2D eigenvalue weighted by atomic mass is 10.2. The van der Waals surface area contributed by atoms with Crippen LogP contribution in [0.4, 0.5) is 11.4 Å². The molecule has 0 atom stereocenters. The van der Waals surface area contributed by atoms with Gasteiger partial charge in [0.25, 0.3) is 0 Å². The molecule has 26 heavy (non-hydrogen) atoms. The summed E-state index contributed by atoms with van der Waals surface area (Å²) in [5.74, 6) is -0.411. The van der Waals surface area contributed by atoms with Gasteiger partial charge in [-0.2, -0.15) is 0 Å². The van der Waals surface area contributed by atoms with Gasteiger partial charge in [-0.15, -0.1) is 11.8 Å². The predicted octanol–water partition coefficient (Wildman–Crippen LogP) is 3.55. The van der Waals surface area contributed by atoms with E-state index in [9.17, 15) is 14.4 Å². The number of rotatable bonds is 7. The molecule has 2 N–H and O–H groups in total. The van der Waals surface area contributed by atoms with Gasteiger partial charge in [0, 0.05) is 23.2 Å². The molecule has 136 valence electrons. The fraction of sp³-hybridized carbons (Fsp3) is 0.211. The van der Waals surface area contributed by atoms with E-state index in [4.69, 9.17) is 4.74 Å². The van der Waals surface area contributed by atoms with E-state index in [0.29, 0.717) is 23.5 Å². The van der Waals surface area contributed by atoms with Gasteiger partial charge in [-0.05, 0) is 55.5 Å². The van der Waals surface area contributed by atoms with Crippen LogP contribution in [0.25, 0.3) is 0 Å². The third kappa shape index (κ3) is 6.25. The highest BCUT2D eigenvalue weighted by Gasteiger charge is 2.08. The first-order valence-electron chi connectivity index (χ1n) is 8.05. The molecule has 0 saturated heterocycles. The van der Waals surface area contributed by atoms with E-state index in [1.54, 1.807) is 43.3 Å². The van der Waals surface area contributed by atoms with Gasteiger partial charge in [-0.1, -0.05) is 0 Å². The molecular formula is C19H20N2O4S. The average Bonchev–Trinajstić information content (AvgIpc) is 2.61. The fourth-order valence-electron chi connectivity index (χ4n) is 2.09. The van der Waals surface area contributed by atoms with E-state index in [-0.39, 0.29) is 23.5 Å². The summed E-state index contributed by atoms with van der Waals surface area (Å²) in [6, 6.07) is 13.8. The number of esters is 1. The lowest BCUT2D eigenvalue weighted by Crippen LogP contribution is -2.14. The minimum atomic E-state index is -0.386. The Balaban J connectivity index is 1.83. The van der Waals surface area contributed by atoms with Crippen molar-refractivity contribution in [1.82, 2.24) is 0 Å². The molecule has 0 bridgehead atoms. The summed E-state index contributed by atoms with van der Waals surface area (Å²) in [5.41, 5.74) is 1.77. The topological polar surface area (TPSA) is 84.5 Å². The zero-order chi connectivity index (χ0) is 18.9. The molecule has 0 aromatic heterocycles. The molecule has 0 saturated carbocycles. The van der Waals surface area contributed by atoms with E-state index >= 15 is 0 Å². The molecule has 0 spiro atoms. The average molecular weight is 372 g/mol. The number of hydrogen-bond acceptors (Lipinski definition) is 5. The highest BCUT2D eigenvalue weighted by molar-refractivity contribution is 8.00. The normalized spacial score (nSPS) is 10.1. The molecule has 0 aliphatic carbocycles. The van der Waals surface area contributed by atoms with Crippen LogP contribution in [0.5, 0.6) is 0 Å². The fourth-order valence-corrected chi connectivity index (χ4v) is 2.79. The summed E-state index contributed by atoms with van der Waals surface area (Å²) < 4.78 is 4.91. The summed E-state index contributed by atoms with van der Waals surface area (Å²) in [6.07, 6.45) is 0. The smallest absolute Gasteiger partial charge is 0.338 e. The van der Waals surface area contributed by atoms with Crippen molar-refractivity contribution in [3.05, 3.63) is 54.1 Å². The maximum absolute atomic E-state index is 12.0. The molecule has 2 aromatic carbocycles. The van der Waals surface area contributed by atoms with E-state index in [1.807, 2.05) is 12.1 Å². The van der Waals surface area contributed by atoms with Crippen molar-refractivity contribution in [1.29, 1.82) is 0 Å². The molecule has 2 amide bonds. The molecule has 2 rings (SSSR count). The van der Waals surface area contributed by atoms with Crippen LogP contribution in [0.15, 0.2) is 53.4 Å². The van der Waals surface area contributed by atoms with Gasteiger partial charge in [0.15, 0.2) is 0 Å². The number of nitrogens with one attached hydrogen (secondary N) is 2. The lowest BCUT2D eigenvalue weighted by molar-refractivity contribution is -0.114. The molecule has 0 radical (unpaired) electrons. The Bertz CT molecular complexity index is 773. The van der Waals surface area contributed by atoms with Crippen LogP contribution < -0.4 is 10.6 Å². The molecule has 0 heterocycles. The first kappa shape index (κ1) is 19.5. The number of carbonyl (C=O) groups excluding carboxylic acids is 3. The second-order valence-corrected chi connectivity index (χ2v) is 6.39. The third-order valence-corrected chi connectivity index (χ3v) is 4.24. The Hall–Kier alpha value is -2.80. The van der Waals surface area contributed by atoms with Crippen LogP contribution in [0.3, 0.4) is 0 Å². The van der Waals surface area contributed by atoms with E-state index < -0.39 is 0 Å². The number of ether oxygens (including phenoxy) is 1. The zero-order valence-electron chi connectivity index (χ0n) is 14.6.